The molecule has 0 radical (unpaired) electrons. The largest absolute Gasteiger partial charge is 0.492 e. The fourth-order valence-corrected chi connectivity index (χ4v) is 2.08. The predicted molar refractivity (Wildman–Crippen MR) is 63.0 cm³/mol. The molecule has 1 aliphatic rings. The van der Waals surface area contributed by atoms with Gasteiger partial charge in [-0.3, -0.25) is 4.79 Å². The van der Waals surface area contributed by atoms with Crippen LogP contribution in [0.4, 0.5) is 0 Å². The maximum absolute atomic E-state index is 11.5. The van der Waals surface area contributed by atoms with E-state index in [0.717, 1.165) is 29.1 Å². The van der Waals surface area contributed by atoms with Crippen molar-refractivity contribution in [3.8, 4) is 5.75 Å². The summed E-state index contributed by atoms with van der Waals surface area (Å²) >= 11 is 1.76. The zero-order valence-corrected chi connectivity index (χ0v) is 9.60. The molecule has 0 amide bonds. The molecule has 0 unspecified atom stereocenters. The van der Waals surface area contributed by atoms with Gasteiger partial charge >= 0.3 is 0 Å². The Morgan fingerprint density at radius 2 is 2.27 bits per heavy atom. The number of fused-ring (bicyclic) bond motifs is 1. The van der Waals surface area contributed by atoms with Crippen molar-refractivity contribution in [2.45, 2.75) is 12.8 Å². The van der Waals surface area contributed by atoms with Crippen LogP contribution >= 0.6 is 11.8 Å². The molecule has 2 nitrogen and oxygen atoms in total. The number of benzene rings is 1. The monoisotopic (exact) mass is 222 g/mol. The molecule has 0 N–H and O–H groups in total. The Bertz CT molecular complexity index is 374. The van der Waals surface area contributed by atoms with Crippen molar-refractivity contribution in [2.75, 3.05) is 18.6 Å². The molecule has 3 heteroatoms. The van der Waals surface area contributed by atoms with Gasteiger partial charge in [-0.05, 0) is 18.7 Å². The maximum atomic E-state index is 11.5. The number of hydrogen-bond acceptors (Lipinski definition) is 3. The van der Waals surface area contributed by atoms with E-state index in [-0.39, 0.29) is 5.78 Å². The minimum absolute atomic E-state index is 0.250. The van der Waals surface area contributed by atoms with Crippen molar-refractivity contribution in [3.05, 3.63) is 29.3 Å². The Morgan fingerprint density at radius 1 is 1.40 bits per heavy atom. The van der Waals surface area contributed by atoms with Crippen LogP contribution in [0.15, 0.2) is 18.2 Å². The summed E-state index contributed by atoms with van der Waals surface area (Å²) in [6.07, 6.45) is 3.53. The fraction of sp³-hybridized carbons (Fsp3) is 0.417. The summed E-state index contributed by atoms with van der Waals surface area (Å²) in [6.45, 7) is 0.714. The van der Waals surface area contributed by atoms with E-state index in [9.17, 15) is 4.79 Å². The van der Waals surface area contributed by atoms with Gasteiger partial charge in [-0.25, -0.2) is 0 Å². The van der Waals surface area contributed by atoms with Crippen LogP contribution in [0.2, 0.25) is 0 Å². The smallest absolute Gasteiger partial charge is 0.163 e. The second-order valence-electron chi connectivity index (χ2n) is 3.55. The molecule has 0 atom stereocenters. The van der Waals surface area contributed by atoms with Gasteiger partial charge in [0.15, 0.2) is 5.78 Å². The Hall–Kier alpha value is -0.960. The third kappa shape index (κ3) is 2.17. The molecule has 1 aromatic carbocycles. The molecular weight excluding hydrogens is 208 g/mol. The lowest BCUT2D eigenvalue weighted by Crippen LogP contribution is -2.02. The number of carbonyl (C=O) groups is 1. The van der Waals surface area contributed by atoms with E-state index in [1.807, 2.05) is 18.2 Å². The molecule has 15 heavy (non-hydrogen) atoms. The van der Waals surface area contributed by atoms with Crippen LogP contribution in [-0.2, 0) is 6.42 Å². The van der Waals surface area contributed by atoms with E-state index < -0.39 is 0 Å². The van der Waals surface area contributed by atoms with Gasteiger partial charge in [0.1, 0.15) is 5.75 Å². The number of ketones is 1. The number of thioether (sulfide) groups is 1. The minimum Gasteiger partial charge on any atom is -0.492 e. The summed E-state index contributed by atoms with van der Waals surface area (Å²) < 4.78 is 5.66. The second kappa shape index (κ2) is 4.71. The van der Waals surface area contributed by atoms with Gasteiger partial charge in [-0.1, -0.05) is 12.1 Å². The first-order valence-electron chi connectivity index (χ1n) is 5.09. The van der Waals surface area contributed by atoms with Crippen molar-refractivity contribution in [1.82, 2.24) is 0 Å². The highest BCUT2D eigenvalue weighted by molar-refractivity contribution is 7.98. The lowest BCUT2D eigenvalue weighted by Gasteiger charge is -2.09. The molecular formula is C12H14O2S. The van der Waals surface area contributed by atoms with E-state index in [1.54, 1.807) is 11.8 Å². The Labute approximate surface area is 94.0 Å². The van der Waals surface area contributed by atoms with Crippen molar-refractivity contribution >= 4 is 17.5 Å². The molecule has 0 heterocycles. The van der Waals surface area contributed by atoms with Gasteiger partial charge in [0.25, 0.3) is 0 Å². The number of Topliss-reactive ketones (excluding diaryl/α,β-unsaturated/α-hetero) is 1. The normalized spacial score (nSPS) is 14.1. The van der Waals surface area contributed by atoms with Crippen LogP contribution in [0.3, 0.4) is 0 Å². The highest BCUT2D eigenvalue weighted by Gasteiger charge is 2.22. The Morgan fingerprint density at radius 3 is 3.07 bits per heavy atom. The lowest BCUT2D eigenvalue weighted by atomic mass is 10.1. The molecule has 0 aliphatic heterocycles. The number of carbonyl (C=O) groups excluding carboxylic acids is 1. The van der Waals surface area contributed by atoms with Crippen molar-refractivity contribution < 1.29 is 9.53 Å². The molecule has 0 fully saturated rings. The molecule has 0 spiro atoms. The van der Waals surface area contributed by atoms with Crippen LogP contribution in [0.1, 0.15) is 22.3 Å². The standard InChI is InChI=1S/C12H14O2S/c1-15-8-7-14-12-4-2-3-9-10(12)5-6-11(9)13/h2-4H,5-8H2,1H3. The quantitative estimate of drug-likeness (QED) is 0.732. The molecule has 0 saturated carbocycles. The molecule has 1 aromatic rings. The summed E-state index contributed by atoms with van der Waals surface area (Å²) in [5, 5.41) is 0. The van der Waals surface area contributed by atoms with E-state index in [4.69, 9.17) is 4.74 Å². The van der Waals surface area contributed by atoms with Gasteiger partial charge < -0.3 is 4.74 Å². The molecule has 1 aliphatic carbocycles. The average molecular weight is 222 g/mol. The Kier molecular flexibility index (Phi) is 3.31. The summed E-state index contributed by atoms with van der Waals surface area (Å²) in [6, 6.07) is 5.75. The van der Waals surface area contributed by atoms with Crippen LogP contribution in [0.25, 0.3) is 0 Å². The highest BCUT2D eigenvalue weighted by Crippen LogP contribution is 2.30. The predicted octanol–water partition coefficient (Wildman–Crippen LogP) is 2.56. The first-order chi connectivity index (χ1) is 7.33. The summed E-state index contributed by atoms with van der Waals surface area (Å²) in [7, 11) is 0. The van der Waals surface area contributed by atoms with Crippen molar-refractivity contribution in [2.24, 2.45) is 0 Å². The summed E-state index contributed by atoms with van der Waals surface area (Å²) in [5.41, 5.74) is 1.96. The van der Waals surface area contributed by atoms with Crippen LogP contribution < -0.4 is 4.74 Å². The number of rotatable bonds is 4. The third-order valence-corrected chi connectivity index (χ3v) is 3.16. The summed E-state index contributed by atoms with van der Waals surface area (Å²) in [5.74, 6) is 2.13. The lowest BCUT2D eigenvalue weighted by molar-refractivity contribution is 0.0994. The van der Waals surface area contributed by atoms with E-state index in [0.29, 0.717) is 13.0 Å². The topological polar surface area (TPSA) is 26.3 Å². The zero-order valence-electron chi connectivity index (χ0n) is 8.79. The minimum atomic E-state index is 0.250. The first kappa shape index (κ1) is 10.6. The fourth-order valence-electron chi connectivity index (χ4n) is 1.83. The van der Waals surface area contributed by atoms with Gasteiger partial charge in [0.2, 0.25) is 0 Å². The third-order valence-electron chi connectivity index (χ3n) is 2.58. The average Bonchev–Trinajstić information content (AvgIpc) is 2.62. The van der Waals surface area contributed by atoms with Crippen molar-refractivity contribution in [1.29, 1.82) is 0 Å². The van der Waals surface area contributed by atoms with Gasteiger partial charge in [0, 0.05) is 23.3 Å². The van der Waals surface area contributed by atoms with E-state index in [1.165, 1.54) is 0 Å². The zero-order chi connectivity index (χ0) is 10.7. The molecule has 0 aromatic heterocycles. The molecule has 2 rings (SSSR count). The van der Waals surface area contributed by atoms with Crippen LogP contribution in [0.5, 0.6) is 5.75 Å². The first-order valence-corrected chi connectivity index (χ1v) is 6.49. The van der Waals surface area contributed by atoms with E-state index >= 15 is 0 Å². The van der Waals surface area contributed by atoms with E-state index in [2.05, 4.69) is 6.26 Å². The van der Waals surface area contributed by atoms with Crippen LogP contribution in [0, 0.1) is 0 Å². The maximum Gasteiger partial charge on any atom is 0.163 e. The van der Waals surface area contributed by atoms with Gasteiger partial charge in [0.05, 0.1) is 6.61 Å². The molecule has 0 bridgehead atoms. The SMILES string of the molecule is CSCCOc1cccc2c1CCC2=O. The number of hydrogen-bond donors (Lipinski definition) is 0. The van der Waals surface area contributed by atoms with Crippen molar-refractivity contribution in [3.63, 3.8) is 0 Å². The second-order valence-corrected chi connectivity index (χ2v) is 4.53. The van der Waals surface area contributed by atoms with Gasteiger partial charge in [-0.15, -0.1) is 0 Å². The highest BCUT2D eigenvalue weighted by atomic mass is 32.2. The van der Waals surface area contributed by atoms with Gasteiger partial charge in [-0.2, -0.15) is 11.8 Å². The number of ether oxygens (including phenoxy) is 1. The summed E-state index contributed by atoms with van der Waals surface area (Å²) in [4.78, 5) is 11.5. The van der Waals surface area contributed by atoms with Crippen LogP contribution in [-0.4, -0.2) is 24.4 Å². The molecule has 80 valence electrons. The Balaban J connectivity index is 2.15. The molecule has 0 saturated heterocycles.